The number of piperidine rings is 2. The third kappa shape index (κ3) is 4.38. The number of ether oxygens (including phenoxy) is 1. The molecule has 1 aromatic carbocycles. The lowest BCUT2D eigenvalue weighted by Crippen LogP contribution is -2.55. The van der Waals surface area contributed by atoms with Gasteiger partial charge in [-0.05, 0) is 50.7 Å². The van der Waals surface area contributed by atoms with Gasteiger partial charge in [-0.25, -0.2) is 4.79 Å². The van der Waals surface area contributed by atoms with Crippen LogP contribution in [0.4, 0.5) is 4.79 Å². The van der Waals surface area contributed by atoms with Crippen LogP contribution in [0.3, 0.4) is 0 Å². The van der Waals surface area contributed by atoms with E-state index in [9.17, 15) is 19.5 Å². The molecule has 4 heterocycles. The Bertz CT molecular complexity index is 1080. The molecule has 2 amide bonds. The first-order valence-corrected chi connectivity index (χ1v) is 12.0. The summed E-state index contributed by atoms with van der Waals surface area (Å²) in [7, 11) is 0. The Morgan fingerprint density at radius 1 is 1.09 bits per heavy atom. The number of hydrogen-bond donors (Lipinski definition) is 1. The molecular formula is C25H30N4O5. The predicted octanol–water partition coefficient (Wildman–Crippen LogP) is 3.20. The minimum Gasteiger partial charge on any atom is -0.481 e. The highest BCUT2D eigenvalue weighted by atomic mass is 16.6. The van der Waals surface area contributed by atoms with E-state index in [0.717, 1.165) is 36.1 Å². The summed E-state index contributed by atoms with van der Waals surface area (Å²) < 4.78 is 7.27. The molecule has 1 N–H and O–H groups in total. The molecule has 9 nitrogen and oxygen atoms in total. The van der Waals surface area contributed by atoms with E-state index in [1.807, 2.05) is 36.1 Å². The number of aryl methyl sites for hydroxylation is 1. The van der Waals surface area contributed by atoms with E-state index in [-0.39, 0.29) is 36.6 Å². The van der Waals surface area contributed by atoms with Crippen LogP contribution >= 0.6 is 0 Å². The van der Waals surface area contributed by atoms with Gasteiger partial charge in [-0.3, -0.25) is 14.3 Å². The fraction of sp³-hybridized carbons (Fsp3) is 0.520. The fourth-order valence-corrected chi connectivity index (χ4v) is 5.49. The summed E-state index contributed by atoms with van der Waals surface area (Å²) in [5.41, 5.74) is 3.26. The van der Waals surface area contributed by atoms with Gasteiger partial charge < -0.3 is 19.6 Å². The molecule has 180 valence electrons. The van der Waals surface area contributed by atoms with Crippen LogP contribution < -0.4 is 0 Å². The van der Waals surface area contributed by atoms with E-state index in [1.54, 1.807) is 15.6 Å². The van der Waals surface area contributed by atoms with Gasteiger partial charge in [0.1, 0.15) is 6.61 Å². The molecule has 2 aromatic rings. The number of carboxylic acids is 1. The SMILES string of the molecule is Cc1ccc(COC(=O)N2CCn3nc(C(=O)N4C5CCCC4CC(C(=O)O)C5)cc3C2)cc1. The highest BCUT2D eigenvalue weighted by Crippen LogP contribution is 2.38. The number of rotatable bonds is 4. The quantitative estimate of drug-likeness (QED) is 0.742. The van der Waals surface area contributed by atoms with E-state index >= 15 is 0 Å². The number of amides is 2. The van der Waals surface area contributed by atoms with E-state index in [0.29, 0.717) is 38.2 Å². The summed E-state index contributed by atoms with van der Waals surface area (Å²) in [6, 6.07) is 9.53. The van der Waals surface area contributed by atoms with Crippen molar-refractivity contribution in [2.75, 3.05) is 6.54 Å². The highest BCUT2D eigenvalue weighted by Gasteiger charge is 2.44. The Kier molecular flexibility index (Phi) is 6.02. The third-order valence-electron chi connectivity index (χ3n) is 7.32. The monoisotopic (exact) mass is 466 g/mol. The van der Waals surface area contributed by atoms with E-state index in [4.69, 9.17) is 4.74 Å². The molecule has 2 fully saturated rings. The van der Waals surface area contributed by atoms with Crippen LogP contribution in [-0.2, 0) is 29.2 Å². The van der Waals surface area contributed by atoms with Crippen molar-refractivity contribution in [2.45, 2.75) is 70.8 Å². The van der Waals surface area contributed by atoms with Crippen LogP contribution in [0.25, 0.3) is 0 Å². The lowest BCUT2D eigenvalue weighted by Gasteiger charge is -2.47. The lowest BCUT2D eigenvalue weighted by atomic mass is 9.78. The molecule has 1 aromatic heterocycles. The number of benzene rings is 1. The lowest BCUT2D eigenvalue weighted by molar-refractivity contribution is -0.145. The summed E-state index contributed by atoms with van der Waals surface area (Å²) in [6.07, 6.45) is 3.31. The number of hydrogen-bond acceptors (Lipinski definition) is 5. The topological polar surface area (TPSA) is 105 Å². The summed E-state index contributed by atoms with van der Waals surface area (Å²) >= 11 is 0. The molecule has 2 unspecified atom stereocenters. The molecule has 2 atom stereocenters. The van der Waals surface area contributed by atoms with Gasteiger partial charge in [0.25, 0.3) is 5.91 Å². The molecule has 0 radical (unpaired) electrons. The van der Waals surface area contributed by atoms with Gasteiger partial charge in [-0.15, -0.1) is 0 Å². The Hall–Kier alpha value is -3.36. The van der Waals surface area contributed by atoms with Crippen molar-refractivity contribution in [1.82, 2.24) is 19.6 Å². The van der Waals surface area contributed by atoms with Crippen LogP contribution in [0.15, 0.2) is 30.3 Å². The Morgan fingerprint density at radius 2 is 1.79 bits per heavy atom. The van der Waals surface area contributed by atoms with Gasteiger partial charge in [0.15, 0.2) is 5.69 Å². The van der Waals surface area contributed by atoms with Gasteiger partial charge in [-0.1, -0.05) is 29.8 Å². The van der Waals surface area contributed by atoms with Gasteiger partial charge in [0.2, 0.25) is 0 Å². The van der Waals surface area contributed by atoms with Crippen molar-refractivity contribution in [3.8, 4) is 0 Å². The van der Waals surface area contributed by atoms with Crippen molar-refractivity contribution in [2.24, 2.45) is 5.92 Å². The van der Waals surface area contributed by atoms with Crippen LogP contribution in [0.5, 0.6) is 0 Å². The number of carbonyl (C=O) groups is 3. The average molecular weight is 467 g/mol. The minimum absolute atomic E-state index is 0.0481. The van der Waals surface area contributed by atoms with Crippen LogP contribution in [0.2, 0.25) is 0 Å². The molecule has 0 aliphatic carbocycles. The zero-order valence-electron chi connectivity index (χ0n) is 19.4. The van der Waals surface area contributed by atoms with Gasteiger partial charge >= 0.3 is 12.1 Å². The van der Waals surface area contributed by atoms with Gasteiger partial charge in [-0.2, -0.15) is 5.10 Å². The second kappa shape index (κ2) is 9.12. The second-order valence-electron chi connectivity index (χ2n) is 9.66. The third-order valence-corrected chi connectivity index (χ3v) is 7.32. The van der Waals surface area contributed by atoms with Crippen LogP contribution in [0.1, 0.15) is 59.4 Å². The Labute approximate surface area is 198 Å². The minimum atomic E-state index is -0.768. The number of fused-ring (bicyclic) bond motifs is 3. The standard InChI is InChI=1S/C25H30N4O5/c1-16-5-7-17(8-6-16)15-34-25(33)27-9-10-28-21(14-27)13-22(26-28)23(30)29-19-3-2-4-20(29)12-18(11-19)24(31)32/h5-8,13,18-20H,2-4,9-12,14-15H2,1H3,(H,31,32). The van der Waals surface area contributed by atoms with Gasteiger partial charge in [0, 0.05) is 18.6 Å². The van der Waals surface area contributed by atoms with Crippen molar-refractivity contribution < 1.29 is 24.2 Å². The maximum absolute atomic E-state index is 13.4. The molecule has 0 spiro atoms. The Balaban J connectivity index is 1.23. The number of aliphatic carboxylic acids is 1. The first-order valence-electron chi connectivity index (χ1n) is 12.0. The first-order chi connectivity index (χ1) is 16.4. The maximum atomic E-state index is 13.4. The normalized spacial score (nSPS) is 23.9. The largest absolute Gasteiger partial charge is 0.481 e. The van der Waals surface area contributed by atoms with Gasteiger partial charge in [0.05, 0.1) is 24.7 Å². The van der Waals surface area contributed by atoms with Crippen molar-refractivity contribution >= 4 is 18.0 Å². The molecule has 5 rings (SSSR count). The number of carbonyl (C=O) groups excluding carboxylic acids is 2. The molecule has 34 heavy (non-hydrogen) atoms. The zero-order valence-corrected chi connectivity index (χ0v) is 19.4. The maximum Gasteiger partial charge on any atom is 0.410 e. The average Bonchev–Trinajstić information content (AvgIpc) is 3.25. The summed E-state index contributed by atoms with van der Waals surface area (Å²) in [6.45, 7) is 3.52. The molecule has 2 saturated heterocycles. The summed E-state index contributed by atoms with van der Waals surface area (Å²) in [4.78, 5) is 41.0. The van der Waals surface area contributed by atoms with Crippen LogP contribution in [0, 0.1) is 12.8 Å². The van der Waals surface area contributed by atoms with E-state index < -0.39 is 5.97 Å². The first kappa shape index (κ1) is 22.4. The van der Waals surface area contributed by atoms with Crippen molar-refractivity contribution in [1.29, 1.82) is 0 Å². The van der Waals surface area contributed by atoms with Crippen molar-refractivity contribution in [3.63, 3.8) is 0 Å². The summed E-state index contributed by atoms with van der Waals surface area (Å²) in [5, 5.41) is 14.0. The predicted molar refractivity (Wildman–Crippen MR) is 122 cm³/mol. The number of aromatic nitrogens is 2. The summed E-state index contributed by atoms with van der Waals surface area (Å²) in [5.74, 6) is -1.28. The fourth-order valence-electron chi connectivity index (χ4n) is 5.49. The molecule has 9 heteroatoms. The second-order valence-corrected chi connectivity index (χ2v) is 9.66. The molecule has 2 bridgehead atoms. The highest BCUT2D eigenvalue weighted by molar-refractivity contribution is 5.93. The van der Waals surface area contributed by atoms with E-state index in [2.05, 4.69) is 5.10 Å². The Morgan fingerprint density at radius 3 is 2.47 bits per heavy atom. The molecule has 3 aliphatic rings. The van der Waals surface area contributed by atoms with Crippen LogP contribution in [-0.4, -0.2) is 61.3 Å². The molecule has 0 saturated carbocycles. The van der Waals surface area contributed by atoms with Crippen molar-refractivity contribution in [3.05, 3.63) is 52.8 Å². The number of carboxylic acid groups (broad SMARTS) is 1. The molecular weight excluding hydrogens is 436 g/mol. The zero-order chi connectivity index (χ0) is 23.8. The van der Waals surface area contributed by atoms with E-state index in [1.165, 1.54) is 0 Å². The number of nitrogens with zero attached hydrogens (tertiary/aromatic N) is 4. The smallest absolute Gasteiger partial charge is 0.410 e. The molecule has 3 aliphatic heterocycles.